The number of amides is 1. The summed E-state index contributed by atoms with van der Waals surface area (Å²) in [5, 5.41) is 12.7. The molecule has 0 aliphatic heterocycles. The summed E-state index contributed by atoms with van der Waals surface area (Å²) in [5.41, 5.74) is 4.13. The molecule has 0 spiro atoms. The average molecular weight is 605 g/mol. The molecular weight excluding hydrogens is 584 g/mol. The first-order chi connectivity index (χ1) is 16.2. The number of hydrogen-bond donors (Lipinski definition) is 1. The third kappa shape index (κ3) is 6.41. The molecule has 1 N–H and O–H groups in total. The van der Waals surface area contributed by atoms with Gasteiger partial charge in [0.05, 0.1) is 17.8 Å². The predicted octanol–water partition coefficient (Wildman–Crippen LogP) is 7.62. The van der Waals surface area contributed by atoms with Crippen molar-refractivity contribution in [2.24, 2.45) is 0 Å². The van der Waals surface area contributed by atoms with Crippen LogP contribution in [0.1, 0.15) is 22.3 Å². The number of aryl methyl sites for hydroxylation is 2. The van der Waals surface area contributed by atoms with Gasteiger partial charge in [-0.3, -0.25) is 4.79 Å². The number of nitriles is 1. The molecule has 0 aromatic heterocycles. The van der Waals surface area contributed by atoms with Crippen LogP contribution in [-0.2, 0) is 11.4 Å². The minimum absolute atomic E-state index is 0.0918. The highest BCUT2D eigenvalue weighted by atomic mass is 79.9. The lowest BCUT2D eigenvalue weighted by Crippen LogP contribution is -2.14. The van der Waals surface area contributed by atoms with Crippen molar-refractivity contribution < 1.29 is 14.3 Å². The van der Waals surface area contributed by atoms with Crippen LogP contribution in [0.5, 0.6) is 11.5 Å². The molecule has 5 nitrogen and oxygen atoms in total. The van der Waals surface area contributed by atoms with Gasteiger partial charge in [0, 0.05) is 8.95 Å². The van der Waals surface area contributed by atoms with Crippen LogP contribution in [0, 0.1) is 25.2 Å². The molecule has 174 valence electrons. The van der Waals surface area contributed by atoms with Crippen molar-refractivity contribution >= 4 is 61.1 Å². The number of benzene rings is 3. The Morgan fingerprint density at radius 3 is 2.32 bits per heavy atom. The first-order valence-corrected chi connectivity index (χ1v) is 12.1. The number of nitrogens with zero attached hydrogens (tertiary/aromatic N) is 1. The molecule has 0 bridgehead atoms. The second-order valence-electron chi connectivity index (χ2n) is 7.54. The van der Waals surface area contributed by atoms with Crippen molar-refractivity contribution in [2.45, 2.75) is 20.5 Å². The second-order valence-corrected chi connectivity index (χ2v) is 9.65. The molecule has 34 heavy (non-hydrogen) atoms. The van der Waals surface area contributed by atoms with E-state index >= 15 is 0 Å². The highest BCUT2D eigenvalue weighted by Gasteiger charge is 2.16. The third-order valence-electron chi connectivity index (χ3n) is 4.86. The molecule has 3 rings (SSSR count). The monoisotopic (exact) mass is 602 g/mol. The van der Waals surface area contributed by atoms with Gasteiger partial charge in [0.2, 0.25) is 0 Å². The normalized spacial score (nSPS) is 11.0. The Kier molecular flexibility index (Phi) is 8.78. The summed E-state index contributed by atoms with van der Waals surface area (Å²) in [5.74, 6) is 0.229. The molecule has 0 aliphatic rings. The lowest BCUT2D eigenvalue weighted by Gasteiger charge is -2.14. The van der Waals surface area contributed by atoms with Gasteiger partial charge in [0.25, 0.3) is 5.91 Å². The molecule has 1 amide bonds. The first kappa shape index (κ1) is 25.8. The summed E-state index contributed by atoms with van der Waals surface area (Å²) in [4.78, 5) is 12.8. The summed E-state index contributed by atoms with van der Waals surface area (Å²) in [6.07, 6.45) is 1.45. The van der Waals surface area contributed by atoms with Crippen LogP contribution < -0.4 is 14.8 Å². The van der Waals surface area contributed by atoms with E-state index in [1.807, 2.05) is 56.3 Å². The topological polar surface area (TPSA) is 71.3 Å². The Morgan fingerprint density at radius 1 is 1.09 bits per heavy atom. The second kappa shape index (κ2) is 11.6. The number of anilines is 1. The van der Waals surface area contributed by atoms with Crippen molar-refractivity contribution in [2.75, 3.05) is 12.4 Å². The molecular formula is C26H21Br2ClN2O3. The smallest absolute Gasteiger partial charge is 0.266 e. The third-order valence-corrected chi connectivity index (χ3v) is 6.39. The van der Waals surface area contributed by atoms with Crippen LogP contribution in [0.3, 0.4) is 0 Å². The van der Waals surface area contributed by atoms with Crippen molar-refractivity contribution in [1.82, 2.24) is 0 Å². The maximum Gasteiger partial charge on any atom is 0.266 e. The van der Waals surface area contributed by atoms with Gasteiger partial charge in [0.15, 0.2) is 11.5 Å². The first-order valence-electron chi connectivity index (χ1n) is 10.2. The zero-order chi connectivity index (χ0) is 24.8. The van der Waals surface area contributed by atoms with Crippen LogP contribution in [-0.4, -0.2) is 13.0 Å². The van der Waals surface area contributed by atoms with Gasteiger partial charge in [-0.2, -0.15) is 5.26 Å². The maximum atomic E-state index is 12.8. The standard InChI is InChI=1S/C26H21Br2ClN2O3/c1-15-4-6-17(7-5-15)14-34-25-22(29)11-18(12-23(25)33-3)10-19(13-30)26(32)31-24-20(27)8-16(2)9-21(24)28/h4-12H,14H2,1-3H3,(H,31,32)/b19-10+. The SMILES string of the molecule is COc1cc(/C=C(\C#N)C(=O)Nc2c(Br)cc(C)cc2Br)cc(Cl)c1OCc1ccc(C)cc1. The van der Waals surface area contributed by atoms with Gasteiger partial charge in [-0.25, -0.2) is 0 Å². The average Bonchev–Trinajstić information content (AvgIpc) is 2.79. The van der Waals surface area contributed by atoms with Crippen LogP contribution in [0.15, 0.2) is 63.0 Å². The van der Waals surface area contributed by atoms with E-state index in [0.29, 0.717) is 43.3 Å². The van der Waals surface area contributed by atoms with Crippen molar-refractivity contribution in [3.05, 3.63) is 90.3 Å². The number of nitrogens with one attached hydrogen (secondary N) is 1. The number of carbonyl (C=O) groups is 1. The summed E-state index contributed by atoms with van der Waals surface area (Å²) in [7, 11) is 1.50. The molecule has 8 heteroatoms. The lowest BCUT2D eigenvalue weighted by atomic mass is 10.1. The van der Waals surface area contributed by atoms with E-state index in [1.165, 1.54) is 13.2 Å². The van der Waals surface area contributed by atoms with Crippen LogP contribution in [0.2, 0.25) is 5.02 Å². The fourth-order valence-corrected chi connectivity index (χ4v) is 5.01. The van der Waals surface area contributed by atoms with Crippen LogP contribution in [0.4, 0.5) is 5.69 Å². The van der Waals surface area contributed by atoms with Gasteiger partial charge in [-0.1, -0.05) is 41.4 Å². The van der Waals surface area contributed by atoms with E-state index in [2.05, 4.69) is 37.2 Å². The minimum Gasteiger partial charge on any atom is -0.493 e. The Morgan fingerprint density at radius 2 is 1.74 bits per heavy atom. The zero-order valence-electron chi connectivity index (χ0n) is 18.7. The summed E-state index contributed by atoms with van der Waals surface area (Å²) >= 11 is 13.3. The highest BCUT2D eigenvalue weighted by Crippen LogP contribution is 2.38. The Balaban J connectivity index is 1.84. The van der Waals surface area contributed by atoms with Crippen LogP contribution >= 0.6 is 43.5 Å². The van der Waals surface area contributed by atoms with Crippen molar-refractivity contribution in [3.63, 3.8) is 0 Å². The van der Waals surface area contributed by atoms with Crippen molar-refractivity contribution in [3.8, 4) is 17.6 Å². The Hall–Kier alpha value is -2.79. The Labute approximate surface area is 220 Å². The van der Waals surface area contributed by atoms with E-state index in [-0.39, 0.29) is 5.57 Å². The number of hydrogen-bond acceptors (Lipinski definition) is 4. The van der Waals surface area contributed by atoms with Gasteiger partial charge in [0.1, 0.15) is 18.2 Å². The molecule has 0 saturated carbocycles. The van der Waals surface area contributed by atoms with Crippen LogP contribution in [0.25, 0.3) is 6.08 Å². The molecule has 0 heterocycles. The fourth-order valence-electron chi connectivity index (χ4n) is 3.12. The van der Waals surface area contributed by atoms with E-state index in [0.717, 1.165) is 16.7 Å². The predicted molar refractivity (Wildman–Crippen MR) is 142 cm³/mol. The van der Waals surface area contributed by atoms with Crippen molar-refractivity contribution in [1.29, 1.82) is 5.26 Å². The molecule has 0 fully saturated rings. The van der Waals surface area contributed by atoms with E-state index < -0.39 is 5.91 Å². The number of rotatable bonds is 7. The number of halogens is 3. The maximum absolute atomic E-state index is 12.8. The quantitative estimate of drug-likeness (QED) is 0.223. The van der Waals surface area contributed by atoms with E-state index in [1.54, 1.807) is 12.1 Å². The number of methoxy groups -OCH3 is 1. The lowest BCUT2D eigenvalue weighted by molar-refractivity contribution is -0.112. The van der Waals surface area contributed by atoms with Gasteiger partial charge in [-0.15, -0.1) is 0 Å². The molecule has 0 saturated heterocycles. The number of ether oxygens (including phenoxy) is 2. The molecule has 3 aromatic rings. The Bertz CT molecular complexity index is 1280. The fraction of sp³-hybridized carbons (Fsp3) is 0.154. The molecule has 0 radical (unpaired) electrons. The molecule has 0 aliphatic carbocycles. The summed E-state index contributed by atoms with van der Waals surface area (Å²) < 4.78 is 12.8. The minimum atomic E-state index is -0.553. The highest BCUT2D eigenvalue weighted by molar-refractivity contribution is 9.11. The van der Waals surface area contributed by atoms with Gasteiger partial charge >= 0.3 is 0 Å². The summed E-state index contributed by atoms with van der Waals surface area (Å²) in [6, 6.07) is 17.0. The molecule has 3 aromatic carbocycles. The van der Waals surface area contributed by atoms with Gasteiger partial charge < -0.3 is 14.8 Å². The molecule has 0 unspecified atom stereocenters. The van der Waals surface area contributed by atoms with E-state index in [9.17, 15) is 10.1 Å². The van der Waals surface area contributed by atoms with E-state index in [4.69, 9.17) is 21.1 Å². The zero-order valence-corrected chi connectivity index (χ0v) is 22.6. The largest absolute Gasteiger partial charge is 0.493 e. The summed E-state index contributed by atoms with van der Waals surface area (Å²) in [6.45, 7) is 4.27. The number of carbonyl (C=O) groups excluding carboxylic acids is 1. The van der Waals surface area contributed by atoms with Gasteiger partial charge in [-0.05, 0) is 92.7 Å². The molecule has 0 atom stereocenters.